The first-order valence-corrected chi connectivity index (χ1v) is 8.12. The van der Waals surface area contributed by atoms with E-state index < -0.39 is 0 Å². The second kappa shape index (κ2) is 7.43. The maximum Gasteiger partial charge on any atom is 0.255 e. The fourth-order valence-electron chi connectivity index (χ4n) is 1.97. The van der Waals surface area contributed by atoms with Crippen molar-refractivity contribution in [1.29, 1.82) is 0 Å². The van der Waals surface area contributed by atoms with Gasteiger partial charge < -0.3 is 10.2 Å². The molecular weight excluding hydrogens is 306 g/mol. The summed E-state index contributed by atoms with van der Waals surface area (Å²) in [5.74, 6) is 0.592. The van der Waals surface area contributed by atoms with E-state index in [4.69, 9.17) is 11.6 Å². The highest BCUT2D eigenvalue weighted by Gasteiger charge is 2.18. The van der Waals surface area contributed by atoms with E-state index in [2.05, 4.69) is 10.3 Å². The van der Waals surface area contributed by atoms with Crippen LogP contribution in [0.15, 0.2) is 29.8 Å². The minimum atomic E-state index is -0.0718. The molecule has 21 heavy (non-hydrogen) atoms. The van der Waals surface area contributed by atoms with Crippen molar-refractivity contribution in [2.45, 2.75) is 20.4 Å². The molecule has 0 bridgehead atoms. The highest BCUT2D eigenvalue weighted by atomic mass is 35.5. The van der Waals surface area contributed by atoms with Crippen LogP contribution in [0.3, 0.4) is 0 Å². The molecule has 2 aromatic rings. The van der Waals surface area contributed by atoms with Crippen molar-refractivity contribution in [3.63, 3.8) is 0 Å². The first-order valence-electron chi connectivity index (χ1n) is 6.86. The molecule has 4 nitrogen and oxygen atoms in total. The number of amides is 1. The minimum absolute atomic E-state index is 0.0718. The fourth-order valence-corrected chi connectivity index (χ4v) is 2.87. The van der Waals surface area contributed by atoms with Crippen molar-refractivity contribution in [3.8, 4) is 0 Å². The zero-order valence-corrected chi connectivity index (χ0v) is 13.7. The molecule has 0 aliphatic carbocycles. The third kappa shape index (κ3) is 3.95. The van der Waals surface area contributed by atoms with E-state index in [1.165, 1.54) is 6.20 Å². The van der Waals surface area contributed by atoms with Gasteiger partial charge >= 0.3 is 0 Å². The van der Waals surface area contributed by atoms with E-state index in [-0.39, 0.29) is 5.91 Å². The molecule has 1 amide bonds. The van der Waals surface area contributed by atoms with E-state index in [1.807, 2.05) is 31.4 Å². The third-order valence-corrected chi connectivity index (χ3v) is 4.20. The van der Waals surface area contributed by atoms with Crippen LogP contribution in [-0.2, 0) is 6.54 Å². The maximum atomic E-state index is 12.7. The Morgan fingerprint density at radius 1 is 1.48 bits per heavy atom. The van der Waals surface area contributed by atoms with Crippen LogP contribution in [0.25, 0.3) is 0 Å². The van der Waals surface area contributed by atoms with Crippen molar-refractivity contribution >= 4 is 34.7 Å². The second-order valence-corrected chi connectivity index (χ2v) is 5.92. The number of aromatic nitrogens is 1. The lowest BCUT2D eigenvalue weighted by Crippen LogP contribution is -2.30. The smallest absolute Gasteiger partial charge is 0.255 e. The van der Waals surface area contributed by atoms with E-state index in [1.54, 1.807) is 22.3 Å². The summed E-state index contributed by atoms with van der Waals surface area (Å²) in [4.78, 5) is 19.8. The van der Waals surface area contributed by atoms with Gasteiger partial charge in [-0.1, -0.05) is 17.7 Å². The molecule has 2 rings (SSSR count). The molecule has 0 fully saturated rings. The average Bonchev–Trinajstić information content (AvgIpc) is 2.99. The molecule has 1 N–H and O–H groups in total. The first kappa shape index (κ1) is 15.8. The molecule has 112 valence electrons. The largest absolute Gasteiger partial charge is 0.370 e. The summed E-state index contributed by atoms with van der Waals surface area (Å²) < 4.78 is 0. The van der Waals surface area contributed by atoms with Crippen LogP contribution in [0.2, 0.25) is 5.02 Å². The van der Waals surface area contributed by atoms with Crippen molar-refractivity contribution < 1.29 is 4.79 Å². The summed E-state index contributed by atoms with van der Waals surface area (Å²) in [6.45, 7) is 5.92. The van der Waals surface area contributed by atoms with Crippen LogP contribution >= 0.6 is 22.9 Å². The summed E-state index contributed by atoms with van der Waals surface area (Å²) in [7, 11) is 0. The molecule has 6 heteroatoms. The van der Waals surface area contributed by atoms with Crippen molar-refractivity contribution in [3.05, 3.63) is 45.2 Å². The SMILES string of the molecule is CCNc1cc(C(=O)N(CC)Cc2cccs2)c(Cl)cn1. The lowest BCUT2D eigenvalue weighted by molar-refractivity contribution is 0.0754. The van der Waals surface area contributed by atoms with Gasteiger partial charge in [-0.15, -0.1) is 11.3 Å². The quantitative estimate of drug-likeness (QED) is 0.877. The standard InChI is InChI=1S/C15H18ClN3OS/c1-3-17-14-8-12(13(16)9-18-14)15(20)19(4-2)10-11-6-5-7-21-11/h5-9H,3-4,10H2,1-2H3,(H,17,18). The Balaban J connectivity index is 2.22. The molecule has 0 saturated carbocycles. The van der Waals surface area contributed by atoms with Crippen molar-refractivity contribution in [1.82, 2.24) is 9.88 Å². The lowest BCUT2D eigenvalue weighted by Gasteiger charge is -2.21. The summed E-state index contributed by atoms with van der Waals surface area (Å²) in [5, 5.41) is 5.49. The van der Waals surface area contributed by atoms with Crippen molar-refractivity contribution in [2.24, 2.45) is 0 Å². The van der Waals surface area contributed by atoms with Gasteiger partial charge in [0.15, 0.2) is 0 Å². The number of pyridine rings is 1. The first-order chi connectivity index (χ1) is 10.2. The number of halogens is 1. The molecule has 0 aliphatic rings. The number of hydrogen-bond acceptors (Lipinski definition) is 4. The van der Waals surface area contributed by atoms with Gasteiger partial charge in [0.2, 0.25) is 0 Å². The Morgan fingerprint density at radius 3 is 2.90 bits per heavy atom. The van der Waals surface area contributed by atoms with Crippen LogP contribution in [0.1, 0.15) is 29.1 Å². The number of anilines is 1. The van der Waals surface area contributed by atoms with Gasteiger partial charge in [-0.25, -0.2) is 4.98 Å². The number of nitrogens with one attached hydrogen (secondary N) is 1. The predicted molar refractivity (Wildman–Crippen MR) is 88.1 cm³/mol. The highest BCUT2D eigenvalue weighted by molar-refractivity contribution is 7.09. The molecule has 2 heterocycles. The molecule has 0 spiro atoms. The van der Waals surface area contributed by atoms with Gasteiger partial charge in [-0.05, 0) is 31.4 Å². The van der Waals surface area contributed by atoms with Crippen LogP contribution in [-0.4, -0.2) is 28.9 Å². The van der Waals surface area contributed by atoms with E-state index in [0.29, 0.717) is 29.5 Å². The number of carbonyl (C=O) groups is 1. The van der Waals surface area contributed by atoms with Crippen molar-refractivity contribution in [2.75, 3.05) is 18.4 Å². The zero-order valence-electron chi connectivity index (χ0n) is 12.1. The summed E-state index contributed by atoms with van der Waals surface area (Å²) >= 11 is 7.78. The Hall–Kier alpha value is -1.59. The molecule has 0 aromatic carbocycles. The summed E-state index contributed by atoms with van der Waals surface area (Å²) in [6, 6.07) is 5.73. The molecule has 0 saturated heterocycles. The summed E-state index contributed by atoms with van der Waals surface area (Å²) in [6.07, 6.45) is 1.52. The number of nitrogens with zero attached hydrogens (tertiary/aromatic N) is 2. The fraction of sp³-hybridized carbons (Fsp3) is 0.333. The lowest BCUT2D eigenvalue weighted by atomic mass is 10.2. The molecule has 0 atom stereocenters. The average molecular weight is 324 g/mol. The predicted octanol–water partition coefficient (Wildman–Crippen LogP) is 3.89. The minimum Gasteiger partial charge on any atom is -0.370 e. The van der Waals surface area contributed by atoms with Crippen LogP contribution in [0.5, 0.6) is 0 Å². The second-order valence-electron chi connectivity index (χ2n) is 4.48. The van der Waals surface area contributed by atoms with Gasteiger partial charge in [0, 0.05) is 24.2 Å². The van der Waals surface area contributed by atoms with E-state index in [0.717, 1.165) is 11.4 Å². The Bertz CT molecular complexity index is 601. The Kier molecular flexibility index (Phi) is 5.59. The number of hydrogen-bond donors (Lipinski definition) is 1. The van der Waals surface area contributed by atoms with E-state index in [9.17, 15) is 4.79 Å². The van der Waals surface area contributed by atoms with Gasteiger partial charge in [0.1, 0.15) is 5.82 Å². The maximum absolute atomic E-state index is 12.7. The molecule has 0 unspecified atom stereocenters. The van der Waals surface area contributed by atoms with Gasteiger partial charge in [-0.2, -0.15) is 0 Å². The van der Waals surface area contributed by atoms with E-state index >= 15 is 0 Å². The molecule has 2 aromatic heterocycles. The topological polar surface area (TPSA) is 45.2 Å². The van der Waals surface area contributed by atoms with Gasteiger partial charge in [0.25, 0.3) is 5.91 Å². The molecular formula is C15H18ClN3OS. The monoisotopic (exact) mass is 323 g/mol. The van der Waals surface area contributed by atoms with Crippen LogP contribution < -0.4 is 5.32 Å². The van der Waals surface area contributed by atoms with Crippen LogP contribution in [0.4, 0.5) is 5.82 Å². The number of rotatable bonds is 6. The normalized spacial score (nSPS) is 10.4. The number of carbonyl (C=O) groups excluding carboxylic acids is 1. The Labute approximate surface area is 133 Å². The highest BCUT2D eigenvalue weighted by Crippen LogP contribution is 2.21. The number of thiophene rings is 1. The third-order valence-electron chi connectivity index (χ3n) is 3.04. The molecule has 0 radical (unpaired) electrons. The van der Waals surface area contributed by atoms with Gasteiger partial charge in [0.05, 0.1) is 17.1 Å². The van der Waals surface area contributed by atoms with Crippen LogP contribution in [0, 0.1) is 0 Å². The zero-order chi connectivity index (χ0) is 15.2. The summed E-state index contributed by atoms with van der Waals surface area (Å²) in [5.41, 5.74) is 0.487. The molecule has 0 aliphatic heterocycles. The Morgan fingerprint density at radius 2 is 2.29 bits per heavy atom. The van der Waals surface area contributed by atoms with Gasteiger partial charge in [-0.3, -0.25) is 4.79 Å².